The Morgan fingerprint density at radius 2 is 2.05 bits per heavy atom. The minimum atomic E-state index is -0.306. The number of rotatable bonds is 6. The molecule has 1 aromatic carbocycles. The Labute approximate surface area is 130 Å². The first-order chi connectivity index (χ1) is 9.76. The molecule has 5 nitrogen and oxygen atoms in total. The van der Waals surface area contributed by atoms with Crippen LogP contribution < -0.4 is 20.5 Å². The molecule has 0 aliphatic rings. The predicted octanol–water partition coefficient (Wildman–Crippen LogP) is 2.14. The number of methoxy groups -OCH3 is 1. The van der Waals surface area contributed by atoms with Crippen LogP contribution in [-0.4, -0.2) is 31.7 Å². The van der Waals surface area contributed by atoms with Gasteiger partial charge in [0.15, 0.2) is 18.1 Å². The molecule has 1 amide bonds. The third kappa shape index (κ3) is 5.81. The van der Waals surface area contributed by atoms with Gasteiger partial charge in [-0.25, -0.2) is 0 Å². The van der Waals surface area contributed by atoms with Gasteiger partial charge in [-0.3, -0.25) is 4.79 Å². The first-order valence-corrected chi connectivity index (χ1v) is 7.15. The van der Waals surface area contributed by atoms with E-state index in [2.05, 4.69) is 5.32 Å². The van der Waals surface area contributed by atoms with Crippen LogP contribution in [-0.2, 0) is 11.2 Å². The maximum Gasteiger partial charge on any atom is 0.258 e. The monoisotopic (exact) mass is 314 g/mol. The summed E-state index contributed by atoms with van der Waals surface area (Å²) in [5, 5.41) is 3.22. The van der Waals surface area contributed by atoms with Gasteiger partial charge in [0.05, 0.1) is 12.1 Å². The Morgan fingerprint density at radius 1 is 1.38 bits per heavy atom. The third-order valence-corrected chi connectivity index (χ3v) is 2.87. The predicted molar refractivity (Wildman–Crippen MR) is 84.2 cm³/mol. The van der Waals surface area contributed by atoms with Gasteiger partial charge >= 0.3 is 0 Å². The highest BCUT2D eigenvalue weighted by molar-refractivity contribution is 6.32. The van der Waals surface area contributed by atoms with Gasteiger partial charge in [-0.15, -0.1) is 0 Å². The highest BCUT2D eigenvalue weighted by Gasteiger charge is 2.17. The van der Waals surface area contributed by atoms with Crippen molar-refractivity contribution in [2.45, 2.75) is 32.7 Å². The molecule has 118 valence electrons. The first kappa shape index (κ1) is 17.6. The lowest BCUT2D eigenvalue weighted by Crippen LogP contribution is -2.43. The Morgan fingerprint density at radius 3 is 2.57 bits per heavy atom. The Bertz CT molecular complexity index is 498. The normalized spacial score (nSPS) is 11.1. The van der Waals surface area contributed by atoms with Crippen LogP contribution in [0.4, 0.5) is 0 Å². The molecule has 0 unspecified atom stereocenters. The summed E-state index contributed by atoms with van der Waals surface area (Å²) < 4.78 is 10.8. The number of amides is 1. The zero-order chi connectivity index (χ0) is 16.0. The SMILES string of the molecule is COc1cc(CCN)cc(Cl)c1OCC(=O)NC(C)(C)C. The molecule has 0 saturated heterocycles. The number of halogens is 1. The summed E-state index contributed by atoms with van der Waals surface area (Å²) in [5.74, 6) is 0.644. The highest BCUT2D eigenvalue weighted by Crippen LogP contribution is 2.36. The summed E-state index contributed by atoms with van der Waals surface area (Å²) in [7, 11) is 1.53. The van der Waals surface area contributed by atoms with E-state index in [0.29, 0.717) is 29.5 Å². The van der Waals surface area contributed by atoms with Crippen molar-refractivity contribution in [3.8, 4) is 11.5 Å². The summed E-state index contributed by atoms with van der Waals surface area (Å²) in [5.41, 5.74) is 6.19. The Hall–Kier alpha value is -1.46. The van der Waals surface area contributed by atoms with Crippen molar-refractivity contribution in [2.24, 2.45) is 5.73 Å². The average Bonchev–Trinajstić information content (AvgIpc) is 2.35. The molecule has 21 heavy (non-hydrogen) atoms. The van der Waals surface area contributed by atoms with Gasteiger partial charge in [-0.05, 0) is 51.4 Å². The number of hydrogen-bond donors (Lipinski definition) is 2. The van der Waals surface area contributed by atoms with Crippen LogP contribution in [0.25, 0.3) is 0 Å². The molecule has 1 rings (SSSR count). The molecule has 0 fully saturated rings. The Balaban J connectivity index is 2.81. The van der Waals surface area contributed by atoms with Crippen molar-refractivity contribution in [1.82, 2.24) is 5.32 Å². The van der Waals surface area contributed by atoms with Crippen molar-refractivity contribution >= 4 is 17.5 Å². The van der Waals surface area contributed by atoms with E-state index in [0.717, 1.165) is 5.56 Å². The Kier molecular flexibility index (Phi) is 6.30. The lowest BCUT2D eigenvalue weighted by atomic mass is 10.1. The number of ether oxygens (including phenoxy) is 2. The zero-order valence-electron chi connectivity index (χ0n) is 13.0. The molecule has 0 spiro atoms. The molecule has 0 bridgehead atoms. The number of carbonyl (C=O) groups excluding carboxylic acids is 1. The fourth-order valence-electron chi connectivity index (χ4n) is 1.82. The van der Waals surface area contributed by atoms with Crippen LogP contribution in [0.1, 0.15) is 26.3 Å². The average molecular weight is 315 g/mol. The molecule has 6 heteroatoms. The second kappa shape index (κ2) is 7.52. The van der Waals surface area contributed by atoms with Crippen molar-refractivity contribution in [3.63, 3.8) is 0 Å². The molecule has 0 aliphatic heterocycles. The van der Waals surface area contributed by atoms with E-state index in [9.17, 15) is 4.79 Å². The summed E-state index contributed by atoms with van der Waals surface area (Å²) in [6.07, 6.45) is 0.695. The van der Waals surface area contributed by atoms with Crippen LogP contribution >= 0.6 is 11.6 Å². The van der Waals surface area contributed by atoms with Gasteiger partial charge in [-0.2, -0.15) is 0 Å². The topological polar surface area (TPSA) is 73.6 Å². The lowest BCUT2D eigenvalue weighted by molar-refractivity contribution is -0.124. The maximum atomic E-state index is 11.8. The van der Waals surface area contributed by atoms with Crippen LogP contribution in [0.15, 0.2) is 12.1 Å². The number of nitrogens with two attached hydrogens (primary N) is 1. The van der Waals surface area contributed by atoms with Crippen molar-refractivity contribution in [2.75, 3.05) is 20.3 Å². The fourth-order valence-corrected chi connectivity index (χ4v) is 2.10. The number of carbonyl (C=O) groups is 1. The smallest absolute Gasteiger partial charge is 0.258 e. The molecule has 0 aliphatic carbocycles. The summed E-state index contributed by atoms with van der Waals surface area (Å²) >= 11 is 6.19. The summed E-state index contributed by atoms with van der Waals surface area (Å²) in [6.45, 7) is 6.11. The second-order valence-corrected chi connectivity index (χ2v) is 6.14. The van der Waals surface area contributed by atoms with Crippen molar-refractivity contribution < 1.29 is 14.3 Å². The summed E-state index contributed by atoms with van der Waals surface area (Å²) in [4.78, 5) is 11.8. The highest BCUT2D eigenvalue weighted by atomic mass is 35.5. The molecule has 0 aromatic heterocycles. The lowest BCUT2D eigenvalue weighted by Gasteiger charge is -2.21. The van der Waals surface area contributed by atoms with E-state index in [1.165, 1.54) is 7.11 Å². The van der Waals surface area contributed by atoms with Gasteiger partial charge in [0.2, 0.25) is 0 Å². The quantitative estimate of drug-likeness (QED) is 0.843. The molecule has 0 saturated carbocycles. The largest absolute Gasteiger partial charge is 0.493 e. The van der Waals surface area contributed by atoms with Gasteiger partial charge < -0.3 is 20.5 Å². The number of hydrogen-bond acceptors (Lipinski definition) is 4. The maximum absolute atomic E-state index is 11.8. The van der Waals surface area contributed by atoms with E-state index in [-0.39, 0.29) is 18.1 Å². The molecule has 0 atom stereocenters. The van der Waals surface area contributed by atoms with Crippen molar-refractivity contribution in [1.29, 1.82) is 0 Å². The first-order valence-electron chi connectivity index (χ1n) is 6.77. The molecule has 0 radical (unpaired) electrons. The third-order valence-electron chi connectivity index (χ3n) is 2.58. The van der Waals surface area contributed by atoms with Crippen LogP contribution in [0.3, 0.4) is 0 Å². The van der Waals surface area contributed by atoms with E-state index < -0.39 is 0 Å². The molecular weight excluding hydrogens is 292 g/mol. The van der Waals surface area contributed by atoms with Gasteiger partial charge in [-0.1, -0.05) is 11.6 Å². The van der Waals surface area contributed by atoms with Crippen LogP contribution in [0, 0.1) is 0 Å². The molecule has 1 aromatic rings. The van der Waals surface area contributed by atoms with Gasteiger partial charge in [0.1, 0.15) is 0 Å². The minimum absolute atomic E-state index is 0.121. The molecule has 0 heterocycles. The zero-order valence-corrected chi connectivity index (χ0v) is 13.7. The number of nitrogens with one attached hydrogen (secondary N) is 1. The van der Waals surface area contributed by atoms with Gasteiger partial charge in [0.25, 0.3) is 5.91 Å². The van der Waals surface area contributed by atoms with Gasteiger partial charge in [0, 0.05) is 5.54 Å². The standard InChI is InChI=1S/C15H23ClN2O3/c1-15(2,3)18-13(19)9-21-14-11(16)7-10(5-6-17)8-12(14)20-4/h7-8H,5-6,9,17H2,1-4H3,(H,18,19). The second-order valence-electron chi connectivity index (χ2n) is 5.73. The minimum Gasteiger partial charge on any atom is -0.493 e. The van der Waals surface area contributed by atoms with Crippen LogP contribution in [0.5, 0.6) is 11.5 Å². The molecule has 3 N–H and O–H groups in total. The fraction of sp³-hybridized carbons (Fsp3) is 0.533. The molecular formula is C15H23ClN2O3. The number of benzene rings is 1. The van der Waals surface area contributed by atoms with E-state index in [4.69, 9.17) is 26.8 Å². The van der Waals surface area contributed by atoms with E-state index >= 15 is 0 Å². The van der Waals surface area contributed by atoms with E-state index in [1.807, 2.05) is 26.8 Å². The summed E-state index contributed by atoms with van der Waals surface area (Å²) in [6, 6.07) is 3.59. The van der Waals surface area contributed by atoms with Crippen LogP contribution in [0.2, 0.25) is 5.02 Å². The van der Waals surface area contributed by atoms with Crippen molar-refractivity contribution in [3.05, 3.63) is 22.7 Å². The van der Waals surface area contributed by atoms with E-state index in [1.54, 1.807) is 6.07 Å².